The third-order valence-corrected chi connectivity index (χ3v) is 5.06. The van der Waals surface area contributed by atoms with E-state index in [0.717, 1.165) is 35.1 Å². The molecule has 2 aromatic heterocycles. The van der Waals surface area contributed by atoms with E-state index in [1.54, 1.807) is 0 Å². The summed E-state index contributed by atoms with van der Waals surface area (Å²) in [4.78, 5) is 20.9. The van der Waals surface area contributed by atoms with Crippen LogP contribution >= 0.6 is 24.8 Å². The summed E-state index contributed by atoms with van der Waals surface area (Å²) in [5, 5.41) is 4.11. The lowest BCUT2D eigenvalue weighted by atomic mass is 9.99. The second-order valence-corrected chi connectivity index (χ2v) is 6.71. The van der Waals surface area contributed by atoms with Crippen LogP contribution in [0.25, 0.3) is 22.2 Å². The molecular weight excluding hydrogens is 413 g/mol. The van der Waals surface area contributed by atoms with E-state index < -0.39 is 0 Å². The first-order chi connectivity index (χ1) is 13.2. The van der Waals surface area contributed by atoms with E-state index in [4.69, 9.17) is 10.5 Å². The number of fused-ring (bicyclic) bond motifs is 1. The Kier molecular flexibility index (Phi) is 7.84. The van der Waals surface area contributed by atoms with Gasteiger partial charge < -0.3 is 20.4 Å². The molecule has 9 heteroatoms. The first-order valence-electron chi connectivity index (χ1n) is 9.25. The number of aromatic nitrogens is 3. The quantitative estimate of drug-likeness (QED) is 0.607. The van der Waals surface area contributed by atoms with Crippen molar-refractivity contribution in [3.8, 4) is 11.1 Å². The minimum absolute atomic E-state index is 0. The van der Waals surface area contributed by atoms with Crippen molar-refractivity contribution < 1.29 is 9.53 Å². The van der Waals surface area contributed by atoms with Crippen LogP contribution in [0.2, 0.25) is 0 Å². The number of hydrogen-bond donors (Lipinski definition) is 2. The molecule has 1 fully saturated rings. The first-order valence-corrected chi connectivity index (χ1v) is 9.25. The monoisotopic (exact) mass is 437 g/mol. The highest BCUT2D eigenvalue weighted by Crippen LogP contribution is 2.36. The first kappa shape index (κ1) is 22.9. The number of hydrogen-bond acceptors (Lipinski definition) is 6. The third-order valence-electron chi connectivity index (χ3n) is 5.06. The molecule has 0 spiro atoms. The van der Waals surface area contributed by atoms with Gasteiger partial charge in [-0.15, -0.1) is 24.8 Å². The number of ether oxygens (including phenoxy) is 1. The van der Waals surface area contributed by atoms with Crippen molar-refractivity contribution in [1.82, 2.24) is 19.9 Å². The zero-order valence-corrected chi connectivity index (χ0v) is 17.7. The van der Waals surface area contributed by atoms with Crippen molar-refractivity contribution in [2.45, 2.75) is 31.8 Å². The van der Waals surface area contributed by atoms with Gasteiger partial charge in [-0.3, -0.25) is 4.79 Å². The summed E-state index contributed by atoms with van der Waals surface area (Å²) in [6.07, 6.45) is 5.13. The largest absolute Gasteiger partial charge is 0.465 e. The number of nitrogens with zero attached hydrogens (tertiary/aromatic N) is 3. The van der Waals surface area contributed by atoms with Crippen LogP contribution in [0.3, 0.4) is 0 Å². The normalized spacial score (nSPS) is 18.5. The average molecular weight is 438 g/mol. The molecule has 7 nitrogen and oxygen atoms in total. The molecule has 3 heterocycles. The number of anilines is 1. The number of esters is 1. The van der Waals surface area contributed by atoms with Crippen molar-refractivity contribution >= 4 is 47.6 Å². The Morgan fingerprint density at radius 1 is 1.28 bits per heavy atom. The number of halogens is 2. The topological polar surface area (TPSA) is 95.1 Å². The highest BCUT2D eigenvalue weighted by Gasteiger charge is 2.30. The molecular formula is C20H25Cl2N5O2. The number of rotatable bonds is 4. The van der Waals surface area contributed by atoms with Crippen LogP contribution in [0.5, 0.6) is 0 Å². The maximum Gasteiger partial charge on any atom is 0.323 e. The van der Waals surface area contributed by atoms with Crippen molar-refractivity contribution in [2.75, 3.05) is 18.9 Å². The van der Waals surface area contributed by atoms with Gasteiger partial charge in [0.25, 0.3) is 0 Å². The molecule has 1 saturated heterocycles. The summed E-state index contributed by atoms with van der Waals surface area (Å²) in [5.74, 6) is 0.268. The van der Waals surface area contributed by atoms with Crippen molar-refractivity contribution in [2.24, 2.45) is 0 Å². The smallest absolute Gasteiger partial charge is 0.323 e. The summed E-state index contributed by atoms with van der Waals surface area (Å²) in [6.45, 7) is 2.95. The molecule has 1 aromatic carbocycles. The predicted molar refractivity (Wildman–Crippen MR) is 119 cm³/mol. The standard InChI is InChI=1S/C20H23N5O2.2ClH/c1-2-27-20(26)16-10-14(8-9-22-16)25-11-15(13-6-4-3-5-7-13)17-18(21)23-12-24-19(17)25;;/h3-7,11-12,14,16,22H,2,8-10H2,1H3,(H2,21,23,24);2*1H. The number of carbonyl (C=O) groups is 1. The maximum atomic E-state index is 12.2. The molecule has 2 unspecified atom stereocenters. The number of nitrogen functional groups attached to an aromatic ring is 1. The van der Waals surface area contributed by atoms with Gasteiger partial charge in [0.2, 0.25) is 0 Å². The molecule has 0 aliphatic carbocycles. The van der Waals surface area contributed by atoms with E-state index in [-0.39, 0.29) is 42.9 Å². The number of nitrogens with two attached hydrogens (primary N) is 1. The zero-order valence-electron chi connectivity index (χ0n) is 16.1. The SMILES string of the molecule is CCOC(=O)C1CC(n2cc(-c3ccccc3)c3c(N)ncnc32)CCN1.Cl.Cl. The highest BCUT2D eigenvalue weighted by molar-refractivity contribution is 6.00. The van der Waals surface area contributed by atoms with Gasteiger partial charge in [-0.25, -0.2) is 9.97 Å². The number of carbonyl (C=O) groups excluding carboxylic acids is 1. The summed E-state index contributed by atoms with van der Waals surface area (Å²) in [5.41, 5.74) is 9.08. The number of benzene rings is 1. The second-order valence-electron chi connectivity index (χ2n) is 6.71. The van der Waals surface area contributed by atoms with Crippen molar-refractivity contribution in [3.05, 3.63) is 42.9 Å². The van der Waals surface area contributed by atoms with Crippen LogP contribution in [0.15, 0.2) is 42.9 Å². The molecule has 3 N–H and O–H groups in total. The van der Waals surface area contributed by atoms with Crippen LogP contribution < -0.4 is 11.1 Å². The second kappa shape index (κ2) is 9.91. The zero-order chi connectivity index (χ0) is 18.8. The summed E-state index contributed by atoms with van der Waals surface area (Å²) in [7, 11) is 0. The van der Waals surface area contributed by atoms with E-state index in [9.17, 15) is 4.79 Å². The van der Waals surface area contributed by atoms with E-state index in [2.05, 4.69) is 38.2 Å². The van der Waals surface area contributed by atoms with E-state index in [1.807, 2.05) is 25.1 Å². The number of piperidine rings is 1. The van der Waals surface area contributed by atoms with Crippen LogP contribution in [0.1, 0.15) is 25.8 Å². The Morgan fingerprint density at radius 2 is 2.03 bits per heavy atom. The Hall–Kier alpha value is -2.35. The van der Waals surface area contributed by atoms with Gasteiger partial charge >= 0.3 is 5.97 Å². The van der Waals surface area contributed by atoms with Crippen LogP contribution in [-0.4, -0.2) is 39.7 Å². The molecule has 2 atom stereocenters. The molecule has 156 valence electrons. The van der Waals surface area contributed by atoms with Crippen molar-refractivity contribution in [3.63, 3.8) is 0 Å². The fraction of sp³-hybridized carbons (Fsp3) is 0.350. The molecule has 4 rings (SSSR count). The van der Waals surface area contributed by atoms with Crippen LogP contribution in [-0.2, 0) is 9.53 Å². The fourth-order valence-corrected chi connectivity index (χ4v) is 3.80. The van der Waals surface area contributed by atoms with Gasteiger partial charge in [0, 0.05) is 17.8 Å². The van der Waals surface area contributed by atoms with Gasteiger partial charge in [0.1, 0.15) is 23.8 Å². The average Bonchev–Trinajstić information content (AvgIpc) is 3.10. The lowest BCUT2D eigenvalue weighted by Gasteiger charge is -2.30. The summed E-state index contributed by atoms with van der Waals surface area (Å²) in [6, 6.07) is 9.92. The molecule has 0 saturated carbocycles. The molecule has 1 aliphatic heterocycles. The Bertz CT molecular complexity index is 964. The van der Waals surface area contributed by atoms with Gasteiger partial charge in [0.15, 0.2) is 0 Å². The fourth-order valence-electron chi connectivity index (χ4n) is 3.80. The Balaban J connectivity index is 0.00000150. The lowest BCUT2D eigenvalue weighted by molar-refractivity contribution is -0.146. The lowest BCUT2D eigenvalue weighted by Crippen LogP contribution is -2.44. The third kappa shape index (κ3) is 4.47. The van der Waals surface area contributed by atoms with Gasteiger partial charge in [-0.1, -0.05) is 30.3 Å². The minimum Gasteiger partial charge on any atom is -0.465 e. The minimum atomic E-state index is -0.305. The molecule has 1 aliphatic rings. The van der Waals surface area contributed by atoms with Crippen LogP contribution in [0.4, 0.5) is 5.82 Å². The molecule has 29 heavy (non-hydrogen) atoms. The Labute approximate surface area is 181 Å². The molecule has 0 radical (unpaired) electrons. The van der Waals surface area contributed by atoms with E-state index in [0.29, 0.717) is 18.8 Å². The maximum absolute atomic E-state index is 12.2. The van der Waals surface area contributed by atoms with Crippen molar-refractivity contribution in [1.29, 1.82) is 0 Å². The van der Waals surface area contributed by atoms with E-state index in [1.165, 1.54) is 6.33 Å². The van der Waals surface area contributed by atoms with E-state index >= 15 is 0 Å². The molecule has 3 aromatic rings. The van der Waals surface area contributed by atoms with Gasteiger partial charge in [0.05, 0.1) is 12.0 Å². The molecule has 0 bridgehead atoms. The predicted octanol–water partition coefficient (Wildman–Crippen LogP) is 3.38. The summed E-state index contributed by atoms with van der Waals surface area (Å²) < 4.78 is 7.33. The summed E-state index contributed by atoms with van der Waals surface area (Å²) >= 11 is 0. The highest BCUT2D eigenvalue weighted by atomic mass is 35.5. The molecule has 0 amide bonds. The number of nitrogens with one attached hydrogen (secondary N) is 1. The van der Waals surface area contributed by atoms with Gasteiger partial charge in [-0.05, 0) is 31.9 Å². The Morgan fingerprint density at radius 3 is 2.76 bits per heavy atom. The van der Waals surface area contributed by atoms with Gasteiger partial charge in [-0.2, -0.15) is 0 Å². The van der Waals surface area contributed by atoms with Crippen LogP contribution in [0, 0.1) is 0 Å².